The maximum absolute atomic E-state index is 8.97. The molecule has 1 heterocycles. The molecule has 0 spiro atoms. The Hall–Kier alpha value is -0.930. The molecule has 3 nitrogen and oxygen atoms in total. The van der Waals surface area contributed by atoms with Crippen LogP contribution in [0, 0.1) is 12.8 Å². The number of aryl methyl sites for hydroxylation is 1. The molecule has 0 bridgehead atoms. The van der Waals surface area contributed by atoms with E-state index in [-0.39, 0.29) is 6.61 Å². The molecule has 0 aliphatic carbocycles. The van der Waals surface area contributed by atoms with Gasteiger partial charge in [-0.2, -0.15) is 0 Å². The van der Waals surface area contributed by atoms with Gasteiger partial charge in [-0.05, 0) is 43.9 Å². The molecule has 1 unspecified atom stereocenters. The average Bonchev–Trinajstić information content (AvgIpc) is 2.32. The van der Waals surface area contributed by atoms with Crippen LogP contribution >= 0.6 is 0 Å². The molecule has 1 aromatic rings. The van der Waals surface area contributed by atoms with Crippen LogP contribution in [0.2, 0.25) is 0 Å². The molecule has 0 saturated heterocycles. The molecule has 0 aromatic carbocycles. The summed E-state index contributed by atoms with van der Waals surface area (Å²) in [5.41, 5.74) is 2.27. The quantitative estimate of drug-likeness (QED) is 0.728. The number of aliphatic hydroxyl groups excluding tert-OH is 1. The normalized spacial score (nSPS) is 12.6. The lowest BCUT2D eigenvalue weighted by atomic mass is 10.0. The van der Waals surface area contributed by atoms with E-state index < -0.39 is 0 Å². The van der Waals surface area contributed by atoms with Gasteiger partial charge in [0.1, 0.15) is 0 Å². The molecule has 0 aliphatic rings. The van der Waals surface area contributed by atoms with Crippen LogP contribution < -0.4 is 5.32 Å². The molecule has 2 N–H and O–H groups in total. The van der Waals surface area contributed by atoms with E-state index in [0.717, 1.165) is 25.2 Å². The second-order valence-corrected chi connectivity index (χ2v) is 4.62. The standard InChI is InChI=1S/C14H24N2O/c1-3-4-13(7-8-17)10-15-11-14-6-5-12(2)9-16-14/h5-6,9,13,15,17H,3-4,7-8,10-11H2,1-2H3. The number of hydrogen-bond donors (Lipinski definition) is 2. The summed E-state index contributed by atoms with van der Waals surface area (Å²) >= 11 is 0. The van der Waals surface area contributed by atoms with Gasteiger partial charge in [-0.15, -0.1) is 0 Å². The summed E-state index contributed by atoms with van der Waals surface area (Å²) in [7, 11) is 0. The molecule has 1 atom stereocenters. The van der Waals surface area contributed by atoms with E-state index in [4.69, 9.17) is 5.11 Å². The van der Waals surface area contributed by atoms with E-state index in [2.05, 4.69) is 29.4 Å². The van der Waals surface area contributed by atoms with Crippen molar-refractivity contribution in [2.24, 2.45) is 5.92 Å². The van der Waals surface area contributed by atoms with Gasteiger partial charge in [0.2, 0.25) is 0 Å². The summed E-state index contributed by atoms with van der Waals surface area (Å²) in [6, 6.07) is 4.14. The van der Waals surface area contributed by atoms with Crippen molar-refractivity contribution in [2.75, 3.05) is 13.2 Å². The van der Waals surface area contributed by atoms with Gasteiger partial charge in [0.05, 0.1) is 5.69 Å². The van der Waals surface area contributed by atoms with Crippen LogP contribution in [-0.4, -0.2) is 23.2 Å². The van der Waals surface area contributed by atoms with Crippen LogP contribution in [0.4, 0.5) is 0 Å². The zero-order chi connectivity index (χ0) is 12.5. The summed E-state index contributed by atoms with van der Waals surface area (Å²) in [5.74, 6) is 0.579. The molecule has 0 saturated carbocycles. The predicted octanol–water partition coefficient (Wildman–Crippen LogP) is 2.28. The number of pyridine rings is 1. The smallest absolute Gasteiger partial charge is 0.0541 e. The van der Waals surface area contributed by atoms with Crippen LogP contribution in [0.3, 0.4) is 0 Å². The number of hydrogen-bond acceptors (Lipinski definition) is 3. The molecular formula is C14H24N2O. The molecule has 96 valence electrons. The van der Waals surface area contributed by atoms with Crippen LogP contribution in [0.1, 0.15) is 37.4 Å². The van der Waals surface area contributed by atoms with Gasteiger partial charge in [-0.3, -0.25) is 4.98 Å². The molecule has 0 amide bonds. The Morgan fingerprint density at radius 3 is 2.76 bits per heavy atom. The van der Waals surface area contributed by atoms with Crippen LogP contribution in [0.15, 0.2) is 18.3 Å². The van der Waals surface area contributed by atoms with Crippen LogP contribution in [0.25, 0.3) is 0 Å². The highest BCUT2D eigenvalue weighted by Gasteiger charge is 2.06. The Morgan fingerprint density at radius 2 is 2.18 bits per heavy atom. The highest BCUT2D eigenvalue weighted by atomic mass is 16.3. The van der Waals surface area contributed by atoms with Crippen molar-refractivity contribution < 1.29 is 5.11 Å². The van der Waals surface area contributed by atoms with Crippen LogP contribution in [0.5, 0.6) is 0 Å². The fourth-order valence-corrected chi connectivity index (χ4v) is 1.95. The zero-order valence-corrected chi connectivity index (χ0v) is 10.9. The van der Waals surface area contributed by atoms with Gasteiger partial charge >= 0.3 is 0 Å². The zero-order valence-electron chi connectivity index (χ0n) is 10.9. The first-order valence-corrected chi connectivity index (χ1v) is 6.49. The highest BCUT2D eigenvalue weighted by molar-refractivity contribution is 5.11. The minimum Gasteiger partial charge on any atom is -0.396 e. The lowest BCUT2D eigenvalue weighted by molar-refractivity contribution is 0.248. The third kappa shape index (κ3) is 5.80. The Morgan fingerprint density at radius 1 is 1.35 bits per heavy atom. The maximum Gasteiger partial charge on any atom is 0.0541 e. The molecule has 1 aromatic heterocycles. The van der Waals surface area contributed by atoms with E-state index in [1.54, 1.807) is 0 Å². The average molecular weight is 236 g/mol. The van der Waals surface area contributed by atoms with Gasteiger partial charge in [-0.1, -0.05) is 19.4 Å². The van der Waals surface area contributed by atoms with Crippen molar-refractivity contribution in [1.82, 2.24) is 10.3 Å². The molecule has 0 fully saturated rings. The Labute approximate surface area is 104 Å². The maximum atomic E-state index is 8.97. The molecule has 0 radical (unpaired) electrons. The van der Waals surface area contributed by atoms with E-state index >= 15 is 0 Å². The summed E-state index contributed by atoms with van der Waals surface area (Å²) in [6.07, 6.45) is 5.14. The molecule has 3 heteroatoms. The number of nitrogens with one attached hydrogen (secondary N) is 1. The van der Waals surface area contributed by atoms with Crippen molar-refractivity contribution in [3.63, 3.8) is 0 Å². The first kappa shape index (κ1) is 14.1. The van der Waals surface area contributed by atoms with Crippen molar-refractivity contribution >= 4 is 0 Å². The van der Waals surface area contributed by atoms with E-state index in [1.165, 1.54) is 18.4 Å². The van der Waals surface area contributed by atoms with Gasteiger partial charge in [0.25, 0.3) is 0 Å². The number of nitrogens with zero attached hydrogens (tertiary/aromatic N) is 1. The second kappa shape index (κ2) is 8.20. The highest BCUT2D eigenvalue weighted by Crippen LogP contribution is 2.09. The summed E-state index contributed by atoms with van der Waals surface area (Å²) in [4.78, 5) is 4.36. The Kier molecular flexibility index (Phi) is 6.82. The van der Waals surface area contributed by atoms with Crippen molar-refractivity contribution in [1.29, 1.82) is 0 Å². The van der Waals surface area contributed by atoms with Crippen molar-refractivity contribution in [3.8, 4) is 0 Å². The van der Waals surface area contributed by atoms with Crippen LogP contribution in [-0.2, 0) is 6.54 Å². The molecule has 1 rings (SSSR count). The van der Waals surface area contributed by atoms with Gasteiger partial charge in [0.15, 0.2) is 0 Å². The second-order valence-electron chi connectivity index (χ2n) is 4.62. The molecule has 0 aliphatic heterocycles. The summed E-state index contributed by atoms with van der Waals surface area (Å²) in [6.45, 7) is 6.29. The third-order valence-corrected chi connectivity index (χ3v) is 2.95. The monoisotopic (exact) mass is 236 g/mol. The lowest BCUT2D eigenvalue weighted by Crippen LogP contribution is -2.23. The van der Waals surface area contributed by atoms with Gasteiger partial charge in [0, 0.05) is 19.3 Å². The lowest BCUT2D eigenvalue weighted by Gasteiger charge is -2.15. The predicted molar refractivity (Wildman–Crippen MR) is 70.8 cm³/mol. The summed E-state index contributed by atoms with van der Waals surface area (Å²) < 4.78 is 0. The Bertz CT molecular complexity index is 292. The van der Waals surface area contributed by atoms with Gasteiger partial charge in [-0.25, -0.2) is 0 Å². The van der Waals surface area contributed by atoms with E-state index in [9.17, 15) is 0 Å². The van der Waals surface area contributed by atoms with E-state index in [0.29, 0.717) is 5.92 Å². The SMILES string of the molecule is CCCC(CCO)CNCc1ccc(C)cn1. The largest absolute Gasteiger partial charge is 0.396 e. The van der Waals surface area contributed by atoms with Gasteiger partial charge < -0.3 is 10.4 Å². The fraction of sp³-hybridized carbons (Fsp3) is 0.643. The topological polar surface area (TPSA) is 45.1 Å². The minimum absolute atomic E-state index is 0.287. The summed E-state index contributed by atoms with van der Waals surface area (Å²) in [5, 5.41) is 12.4. The number of aromatic nitrogens is 1. The van der Waals surface area contributed by atoms with E-state index in [1.807, 2.05) is 13.1 Å². The fourth-order valence-electron chi connectivity index (χ4n) is 1.95. The minimum atomic E-state index is 0.287. The molecular weight excluding hydrogens is 212 g/mol. The third-order valence-electron chi connectivity index (χ3n) is 2.95. The number of aliphatic hydroxyl groups is 1. The molecule has 17 heavy (non-hydrogen) atoms. The van der Waals surface area contributed by atoms with Crippen molar-refractivity contribution in [3.05, 3.63) is 29.6 Å². The Balaban J connectivity index is 2.27. The van der Waals surface area contributed by atoms with Crippen molar-refractivity contribution in [2.45, 2.75) is 39.7 Å². The first-order valence-electron chi connectivity index (χ1n) is 6.49. The first-order chi connectivity index (χ1) is 8.26. The number of rotatable bonds is 8.